The molecule has 0 saturated heterocycles. The summed E-state index contributed by atoms with van der Waals surface area (Å²) in [6, 6.07) is 19.7. The minimum absolute atomic E-state index is 0.354. The summed E-state index contributed by atoms with van der Waals surface area (Å²) in [6.07, 6.45) is 3.42. The largest absolute Gasteiger partial charge is 0.497 e. The van der Waals surface area contributed by atoms with Crippen molar-refractivity contribution in [2.45, 2.75) is 32.4 Å². The third kappa shape index (κ3) is 6.32. The van der Waals surface area contributed by atoms with Gasteiger partial charge in [-0.25, -0.2) is 4.98 Å². The quantitative estimate of drug-likeness (QED) is 0.530. The van der Waals surface area contributed by atoms with Crippen LogP contribution in [0.3, 0.4) is 0 Å². The van der Waals surface area contributed by atoms with Gasteiger partial charge in [0.1, 0.15) is 11.5 Å². The van der Waals surface area contributed by atoms with Crippen LogP contribution in [0, 0.1) is 0 Å². The first-order chi connectivity index (χ1) is 14.5. The predicted molar refractivity (Wildman–Crippen MR) is 117 cm³/mol. The van der Waals surface area contributed by atoms with Gasteiger partial charge < -0.3 is 20.5 Å². The van der Waals surface area contributed by atoms with Crippen molar-refractivity contribution in [1.29, 1.82) is 0 Å². The maximum atomic E-state index is 11.1. The molecule has 3 N–H and O–H groups in total. The lowest BCUT2D eigenvalue weighted by molar-refractivity contribution is 0.1000. The highest BCUT2D eigenvalue weighted by atomic mass is 16.5. The zero-order chi connectivity index (χ0) is 21.3. The van der Waals surface area contributed by atoms with Crippen LogP contribution < -0.4 is 20.5 Å². The molecular formula is C24H27N3O3. The second-order valence-corrected chi connectivity index (χ2v) is 7.16. The first-order valence-corrected chi connectivity index (χ1v) is 9.92. The van der Waals surface area contributed by atoms with Gasteiger partial charge in [-0.3, -0.25) is 4.79 Å². The number of nitrogens with two attached hydrogens (primary N) is 1. The summed E-state index contributed by atoms with van der Waals surface area (Å²) in [6.45, 7) is 3.03. The molecule has 0 spiro atoms. The van der Waals surface area contributed by atoms with Crippen LogP contribution in [0.5, 0.6) is 17.4 Å². The van der Waals surface area contributed by atoms with E-state index in [1.807, 2.05) is 24.3 Å². The Bertz CT molecular complexity index is 939. The number of rotatable bonds is 10. The van der Waals surface area contributed by atoms with Crippen LogP contribution in [0.15, 0.2) is 66.9 Å². The van der Waals surface area contributed by atoms with Gasteiger partial charge in [-0.1, -0.05) is 24.3 Å². The number of pyridine rings is 1. The van der Waals surface area contributed by atoms with Crippen molar-refractivity contribution in [3.05, 3.63) is 83.6 Å². The molecule has 0 aliphatic rings. The minimum atomic E-state index is -0.508. The second kappa shape index (κ2) is 10.4. The van der Waals surface area contributed by atoms with Crippen molar-refractivity contribution in [2.75, 3.05) is 7.11 Å². The summed E-state index contributed by atoms with van der Waals surface area (Å²) in [7, 11) is 1.67. The molecule has 6 nitrogen and oxygen atoms in total. The lowest BCUT2D eigenvalue weighted by atomic mass is 10.1. The number of primary amides is 1. The number of ether oxygens (including phenoxy) is 2. The number of nitrogens with one attached hydrogen (secondary N) is 1. The molecule has 0 fully saturated rings. The van der Waals surface area contributed by atoms with E-state index in [0.29, 0.717) is 23.2 Å². The fraction of sp³-hybridized carbons (Fsp3) is 0.250. The number of benzene rings is 2. The lowest BCUT2D eigenvalue weighted by Gasteiger charge is -2.14. The van der Waals surface area contributed by atoms with Crippen LogP contribution in [0.4, 0.5) is 0 Å². The topological polar surface area (TPSA) is 86.5 Å². The van der Waals surface area contributed by atoms with E-state index in [1.165, 1.54) is 17.3 Å². The Hall–Kier alpha value is -3.38. The molecule has 156 valence electrons. The van der Waals surface area contributed by atoms with Crippen LogP contribution >= 0.6 is 0 Å². The molecule has 6 heteroatoms. The summed E-state index contributed by atoms with van der Waals surface area (Å²) >= 11 is 0. The summed E-state index contributed by atoms with van der Waals surface area (Å²) in [4.78, 5) is 15.2. The molecule has 1 atom stereocenters. The minimum Gasteiger partial charge on any atom is -0.497 e. The smallest absolute Gasteiger partial charge is 0.250 e. The molecule has 1 aromatic heterocycles. The van der Waals surface area contributed by atoms with Gasteiger partial charge in [-0.2, -0.15) is 0 Å². The average Bonchev–Trinajstić information content (AvgIpc) is 2.78. The Morgan fingerprint density at radius 2 is 1.67 bits per heavy atom. The number of amides is 1. The van der Waals surface area contributed by atoms with E-state index in [9.17, 15) is 4.79 Å². The highest BCUT2D eigenvalue weighted by molar-refractivity contribution is 5.92. The molecule has 3 rings (SSSR count). The fourth-order valence-electron chi connectivity index (χ4n) is 2.95. The van der Waals surface area contributed by atoms with Crippen molar-refractivity contribution in [3.63, 3.8) is 0 Å². The third-order valence-electron chi connectivity index (χ3n) is 4.85. The number of hydrogen-bond acceptors (Lipinski definition) is 5. The van der Waals surface area contributed by atoms with Crippen molar-refractivity contribution in [2.24, 2.45) is 5.73 Å². The predicted octanol–water partition coefficient (Wildman–Crippen LogP) is 4.09. The zero-order valence-electron chi connectivity index (χ0n) is 17.3. The first-order valence-electron chi connectivity index (χ1n) is 9.92. The number of hydrogen-bond donors (Lipinski definition) is 2. The fourth-order valence-corrected chi connectivity index (χ4v) is 2.95. The molecule has 0 aliphatic carbocycles. The van der Waals surface area contributed by atoms with E-state index in [1.54, 1.807) is 19.2 Å². The number of carbonyl (C=O) groups excluding carboxylic acids is 1. The average molecular weight is 405 g/mol. The highest BCUT2D eigenvalue weighted by Crippen LogP contribution is 2.20. The Morgan fingerprint density at radius 3 is 2.27 bits per heavy atom. The summed E-state index contributed by atoms with van der Waals surface area (Å²) in [5.41, 5.74) is 8.05. The van der Waals surface area contributed by atoms with Gasteiger partial charge in [0.25, 0.3) is 0 Å². The van der Waals surface area contributed by atoms with E-state index >= 15 is 0 Å². The van der Waals surface area contributed by atoms with Gasteiger partial charge in [0.05, 0.1) is 12.7 Å². The summed E-state index contributed by atoms with van der Waals surface area (Å²) < 4.78 is 10.9. The molecule has 0 aliphatic heterocycles. The summed E-state index contributed by atoms with van der Waals surface area (Å²) in [5, 5.41) is 3.56. The van der Waals surface area contributed by atoms with Crippen molar-refractivity contribution in [1.82, 2.24) is 10.3 Å². The number of carbonyl (C=O) groups is 1. The van der Waals surface area contributed by atoms with Gasteiger partial charge in [-0.15, -0.1) is 0 Å². The molecule has 30 heavy (non-hydrogen) atoms. The maximum Gasteiger partial charge on any atom is 0.250 e. The standard InChI is InChI=1S/C24H27N3O3/c1-17(26-15-19-7-10-21(29-2)11-8-19)3-4-18-5-12-22(13-6-18)30-23-14-9-20(16-27-23)24(25)28/h5-14,16-17,26H,3-4,15H2,1-2H3,(H2,25,28). The van der Waals surface area contributed by atoms with Crippen molar-refractivity contribution in [3.8, 4) is 17.4 Å². The first kappa shape index (κ1) is 21.3. The second-order valence-electron chi connectivity index (χ2n) is 7.16. The lowest BCUT2D eigenvalue weighted by Crippen LogP contribution is -2.25. The highest BCUT2D eigenvalue weighted by Gasteiger charge is 2.05. The SMILES string of the molecule is COc1ccc(CNC(C)CCc2ccc(Oc3ccc(C(N)=O)cn3)cc2)cc1. The summed E-state index contributed by atoms with van der Waals surface area (Å²) in [5.74, 6) is 1.48. The molecule has 0 saturated carbocycles. The van der Waals surface area contributed by atoms with Crippen molar-refractivity contribution < 1.29 is 14.3 Å². The van der Waals surface area contributed by atoms with E-state index in [4.69, 9.17) is 15.2 Å². The molecule has 1 unspecified atom stereocenters. The van der Waals surface area contributed by atoms with E-state index in [0.717, 1.165) is 25.1 Å². The van der Waals surface area contributed by atoms with Crippen LogP contribution in [0.25, 0.3) is 0 Å². The number of methoxy groups -OCH3 is 1. The van der Waals surface area contributed by atoms with Crippen LogP contribution in [0.1, 0.15) is 34.8 Å². The van der Waals surface area contributed by atoms with E-state index < -0.39 is 5.91 Å². The van der Waals surface area contributed by atoms with E-state index in [-0.39, 0.29) is 0 Å². The van der Waals surface area contributed by atoms with Gasteiger partial charge in [0, 0.05) is 24.8 Å². The van der Waals surface area contributed by atoms with Crippen LogP contribution in [-0.4, -0.2) is 24.0 Å². The molecular weight excluding hydrogens is 378 g/mol. The van der Waals surface area contributed by atoms with Gasteiger partial charge in [0.2, 0.25) is 11.8 Å². The van der Waals surface area contributed by atoms with Gasteiger partial charge in [-0.05, 0) is 61.2 Å². The molecule has 1 heterocycles. The zero-order valence-corrected chi connectivity index (χ0v) is 17.3. The number of nitrogens with zero attached hydrogens (tertiary/aromatic N) is 1. The Balaban J connectivity index is 1.43. The Morgan fingerprint density at radius 1 is 1.00 bits per heavy atom. The maximum absolute atomic E-state index is 11.1. The van der Waals surface area contributed by atoms with Crippen LogP contribution in [-0.2, 0) is 13.0 Å². The van der Waals surface area contributed by atoms with Crippen LogP contribution in [0.2, 0.25) is 0 Å². The molecule has 1 amide bonds. The van der Waals surface area contributed by atoms with Crippen molar-refractivity contribution >= 4 is 5.91 Å². The Labute approximate surface area is 177 Å². The number of aryl methyl sites for hydroxylation is 1. The van der Waals surface area contributed by atoms with E-state index in [2.05, 4.69) is 41.5 Å². The molecule has 3 aromatic rings. The molecule has 0 radical (unpaired) electrons. The molecule has 0 bridgehead atoms. The monoisotopic (exact) mass is 405 g/mol. The molecule has 2 aromatic carbocycles. The Kier molecular flexibility index (Phi) is 7.40. The normalized spacial score (nSPS) is 11.7. The van der Waals surface area contributed by atoms with Gasteiger partial charge >= 0.3 is 0 Å². The number of aromatic nitrogens is 1. The third-order valence-corrected chi connectivity index (χ3v) is 4.85. The van der Waals surface area contributed by atoms with Gasteiger partial charge in [0.15, 0.2) is 0 Å².